The number of unbranched alkanes of at least 4 members (excludes halogenated alkanes) is 2. The van der Waals surface area contributed by atoms with Crippen molar-refractivity contribution in [2.24, 2.45) is 0 Å². The highest BCUT2D eigenvalue weighted by Gasteiger charge is 2.28. The van der Waals surface area contributed by atoms with Gasteiger partial charge in [0.2, 0.25) is 5.76 Å². The van der Waals surface area contributed by atoms with Gasteiger partial charge in [-0.05, 0) is 37.1 Å². The molecule has 2 rings (SSSR count). The van der Waals surface area contributed by atoms with E-state index >= 15 is 0 Å². The SMILES string of the molecule is CCCCOC1=CC(Sc2ccc(OC)cc2)=C(OCCCC)CC1=[N+]=[N-]. The van der Waals surface area contributed by atoms with E-state index in [2.05, 4.69) is 18.6 Å². The van der Waals surface area contributed by atoms with Crippen molar-refractivity contribution < 1.29 is 19.0 Å². The fraction of sp³-hybridized carbons (Fsp3) is 0.476. The first-order valence-corrected chi connectivity index (χ1v) is 10.3. The van der Waals surface area contributed by atoms with E-state index in [1.54, 1.807) is 18.9 Å². The number of ether oxygens (including phenoxy) is 3. The van der Waals surface area contributed by atoms with E-state index in [1.807, 2.05) is 30.3 Å². The van der Waals surface area contributed by atoms with E-state index in [1.165, 1.54) is 0 Å². The van der Waals surface area contributed by atoms with Crippen LogP contribution in [-0.4, -0.2) is 30.8 Å². The van der Waals surface area contributed by atoms with Gasteiger partial charge in [0.25, 0.3) is 0 Å². The molecule has 1 aliphatic rings. The second-order valence-electron chi connectivity index (χ2n) is 6.20. The highest BCUT2D eigenvalue weighted by atomic mass is 32.2. The van der Waals surface area contributed by atoms with Crippen LogP contribution in [-0.2, 0) is 9.47 Å². The molecule has 0 unspecified atom stereocenters. The van der Waals surface area contributed by atoms with E-state index in [0.717, 1.165) is 47.0 Å². The lowest BCUT2D eigenvalue weighted by molar-refractivity contribution is -0.0138. The third-order valence-corrected chi connectivity index (χ3v) is 5.16. The molecule has 0 heterocycles. The summed E-state index contributed by atoms with van der Waals surface area (Å²) in [4.78, 5) is 5.49. The molecule has 1 aromatic carbocycles. The fourth-order valence-electron chi connectivity index (χ4n) is 2.46. The van der Waals surface area contributed by atoms with Gasteiger partial charge in [-0.25, -0.2) is 0 Å². The number of allylic oxidation sites excluding steroid dienone is 3. The Bertz CT molecular complexity index is 719. The van der Waals surface area contributed by atoms with Gasteiger partial charge < -0.3 is 19.7 Å². The molecule has 0 aromatic heterocycles. The number of hydrogen-bond acceptors (Lipinski definition) is 4. The zero-order chi connectivity index (χ0) is 19.5. The van der Waals surface area contributed by atoms with Gasteiger partial charge in [-0.3, -0.25) is 0 Å². The topological polar surface area (TPSA) is 64.1 Å². The van der Waals surface area contributed by atoms with Crippen LogP contribution in [0, 0.1) is 0 Å². The maximum absolute atomic E-state index is 9.41. The zero-order valence-electron chi connectivity index (χ0n) is 16.4. The molecule has 27 heavy (non-hydrogen) atoms. The number of rotatable bonds is 11. The summed E-state index contributed by atoms with van der Waals surface area (Å²) in [6.45, 7) is 5.50. The van der Waals surface area contributed by atoms with E-state index in [4.69, 9.17) is 14.2 Å². The first-order chi connectivity index (χ1) is 13.2. The minimum atomic E-state index is 0.427. The summed E-state index contributed by atoms with van der Waals surface area (Å²) >= 11 is 1.61. The molecule has 1 aliphatic carbocycles. The van der Waals surface area contributed by atoms with Gasteiger partial charge in [-0.2, -0.15) is 4.79 Å². The number of hydrogen-bond donors (Lipinski definition) is 0. The van der Waals surface area contributed by atoms with Crippen LogP contribution < -0.4 is 4.74 Å². The molecule has 0 bridgehead atoms. The van der Waals surface area contributed by atoms with Crippen LogP contribution in [0.4, 0.5) is 0 Å². The van der Waals surface area contributed by atoms with Gasteiger partial charge in [0.05, 0.1) is 25.2 Å². The average Bonchev–Trinajstić information content (AvgIpc) is 2.70. The minimum Gasteiger partial charge on any atom is -0.497 e. The third kappa shape index (κ3) is 6.49. The molecule has 6 heteroatoms. The number of nitrogens with zero attached hydrogens (tertiary/aromatic N) is 2. The lowest BCUT2D eigenvalue weighted by Crippen LogP contribution is -2.16. The van der Waals surface area contributed by atoms with Gasteiger partial charge in [0.15, 0.2) is 0 Å². The summed E-state index contributed by atoms with van der Waals surface area (Å²) in [5.41, 5.74) is 9.92. The Labute approximate surface area is 166 Å². The second-order valence-corrected chi connectivity index (χ2v) is 7.32. The molecule has 146 valence electrons. The molecule has 1 aromatic rings. The maximum Gasteiger partial charge on any atom is 0.340 e. The van der Waals surface area contributed by atoms with E-state index in [0.29, 0.717) is 31.1 Å². The predicted molar refractivity (Wildman–Crippen MR) is 109 cm³/mol. The van der Waals surface area contributed by atoms with Crippen LogP contribution in [0.1, 0.15) is 46.0 Å². The van der Waals surface area contributed by atoms with E-state index in [9.17, 15) is 5.53 Å². The summed E-state index contributed by atoms with van der Waals surface area (Å²) in [6.07, 6.45) is 6.41. The highest BCUT2D eigenvalue weighted by molar-refractivity contribution is 8.03. The van der Waals surface area contributed by atoms with Crippen LogP contribution in [0.3, 0.4) is 0 Å². The van der Waals surface area contributed by atoms with Crippen molar-refractivity contribution in [3.05, 3.63) is 52.3 Å². The van der Waals surface area contributed by atoms with Crippen LogP contribution in [0.5, 0.6) is 5.75 Å². The quantitative estimate of drug-likeness (QED) is 0.281. The van der Waals surface area contributed by atoms with Crippen LogP contribution >= 0.6 is 11.8 Å². The molecular formula is C21H28N2O3S. The summed E-state index contributed by atoms with van der Waals surface area (Å²) in [5.74, 6) is 2.26. The van der Waals surface area contributed by atoms with Crippen molar-refractivity contribution in [1.29, 1.82) is 0 Å². The number of benzene rings is 1. The first kappa shape index (κ1) is 21.1. The molecule has 0 saturated carbocycles. The molecule has 0 N–H and O–H groups in total. The maximum atomic E-state index is 9.41. The molecule has 0 spiro atoms. The predicted octanol–water partition coefficient (Wildman–Crippen LogP) is 5.59. The standard InChI is InChI=1S/C21H28N2O3S/c1-4-6-12-25-19-15-21(27-17-10-8-16(24-3)9-11-17)20(14-18(19)23-22)26-13-7-5-2/h8-11,15H,4-7,12-14H2,1-3H3. The Kier molecular flexibility index (Phi) is 9.02. The molecular weight excluding hydrogens is 360 g/mol. The van der Waals surface area contributed by atoms with Crippen molar-refractivity contribution in [3.8, 4) is 5.75 Å². The summed E-state index contributed by atoms with van der Waals surface area (Å²) in [6, 6.07) is 7.90. The Morgan fingerprint density at radius 1 is 1.04 bits per heavy atom. The van der Waals surface area contributed by atoms with Crippen molar-refractivity contribution in [3.63, 3.8) is 0 Å². The largest absolute Gasteiger partial charge is 0.497 e. The second kappa shape index (κ2) is 11.5. The van der Waals surface area contributed by atoms with Gasteiger partial charge >= 0.3 is 5.71 Å². The Hall–Kier alpha value is -2.17. The van der Waals surface area contributed by atoms with Gasteiger partial charge in [0.1, 0.15) is 17.9 Å². The minimum absolute atomic E-state index is 0.427. The Morgan fingerprint density at radius 3 is 2.30 bits per heavy atom. The number of thioether (sulfide) groups is 1. The smallest absolute Gasteiger partial charge is 0.340 e. The molecule has 0 atom stereocenters. The monoisotopic (exact) mass is 388 g/mol. The highest BCUT2D eigenvalue weighted by Crippen LogP contribution is 2.36. The Balaban J connectivity index is 2.25. The van der Waals surface area contributed by atoms with E-state index in [-0.39, 0.29) is 0 Å². The lowest BCUT2D eigenvalue weighted by Gasteiger charge is -2.18. The van der Waals surface area contributed by atoms with Crippen molar-refractivity contribution in [2.45, 2.75) is 50.8 Å². The van der Waals surface area contributed by atoms with Gasteiger partial charge in [-0.1, -0.05) is 38.5 Å². The summed E-state index contributed by atoms with van der Waals surface area (Å²) < 4.78 is 17.1. The molecule has 0 fully saturated rings. The molecule has 5 nitrogen and oxygen atoms in total. The van der Waals surface area contributed by atoms with Gasteiger partial charge in [0, 0.05) is 11.0 Å². The van der Waals surface area contributed by atoms with E-state index < -0.39 is 0 Å². The van der Waals surface area contributed by atoms with Crippen molar-refractivity contribution in [2.75, 3.05) is 20.3 Å². The molecule has 0 saturated heterocycles. The zero-order valence-corrected chi connectivity index (χ0v) is 17.2. The third-order valence-electron chi connectivity index (χ3n) is 4.09. The first-order valence-electron chi connectivity index (χ1n) is 9.45. The summed E-state index contributed by atoms with van der Waals surface area (Å²) in [7, 11) is 1.66. The Morgan fingerprint density at radius 2 is 1.70 bits per heavy atom. The normalized spacial score (nSPS) is 13.9. The fourth-order valence-corrected chi connectivity index (χ4v) is 3.40. The van der Waals surface area contributed by atoms with Crippen LogP contribution in [0.15, 0.2) is 51.7 Å². The molecule has 0 aliphatic heterocycles. The molecule has 0 amide bonds. The van der Waals surface area contributed by atoms with Crippen LogP contribution in [0.25, 0.3) is 5.53 Å². The van der Waals surface area contributed by atoms with Crippen molar-refractivity contribution in [1.82, 2.24) is 0 Å². The average molecular weight is 389 g/mol. The molecule has 0 radical (unpaired) electrons. The summed E-state index contributed by atoms with van der Waals surface area (Å²) in [5, 5.41) is 0. The lowest BCUT2D eigenvalue weighted by atomic mass is 10.1. The number of methoxy groups -OCH3 is 1. The van der Waals surface area contributed by atoms with Gasteiger partial charge in [-0.15, -0.1) is 0 Å². The van der Waals surface area contributed by atoms with Crippen molar-refractivity contribution >= 4 is 17.5 Å². The van der Waals surface area contributed by atoms with Crippen LogP contribution in [0.2, 0.25) is 0 Å².